The van der Waals surface area contributed by atoms with Crippen molar-refractivity contribution in [2.45, 2.75) is 13.3 Å². The van der Waals surface area contributed by atoms with Gasteiger partial charge in [0.1, 0.15) is 5.82 Å². The van der Waals surface area contributed by atoms with Gasteiger partial charge in [-0.15, -0.1) is 0 Å². The second-order valence-electron chi connectivity index (χ2n) is 3.82. The second kappa shape index (κ2) is 4.29. The van der Waals surface area contributed by atoms with E-state index < -0.39 is 0 Å². The number of benzene rings is 1. The average Bonchev–Trinajstić information content (AvgIpc) is 2.55. The normalized spacial score (nSPS) is 10.9. The van der Waals surface area contributed by atoms with Crippen LogP contribution in [0, 0.1) is 6.92 Å². The van der Waals surface area contributed by atoms with Gasteiger partial charge in [0, 0.05) is 19.0 Å². The minimum atomic E-state index is 0.125. The zero-order chi connectivity index (χ0) is 11.7. The number of ketones is 1. The molecule has 3 nitrogen and oxygen atoms in total. The summed E-state index contributed by atoms with van der Waals surface area (Å²) in [6.45, 7) is 1.95. The first-order valence-electron chi connectivity index (χ1n) is 5.20. The van der Waals surface area contributed by atoms with E-state index in [0.29, 0.717) is 12.2 Å². The zero-order valence-corrected chi connectivity index (χ0v) is 10.3. The van der Waals surface area contributed by atoms with Crippen LogP contribution in [0.25, 0.3) is 11.0 Å². The molecule has 0 radical (unpaired) electrons. The summed E-state index contributed by atoms with van der Waals surface area (Å²) < 4.78 is 2.02. The van der Waals surface area contributed by atoms with Crippen molar-refractivity contribution >= 4 is 29.4 Å². The number of fused-ring (bicyclic) bond motifs is 1. The summed E-state index contributed by atoms with van der Waals surface area (Å²) in [4.78, 5) is 16.1. The number of hydrogen-bond acceptors (Lipinski definition) is 3. The summed E-state index contributed by atoms with van der Waals surface area (Å²) in [5.74, 6) is 1.66. The number of carbonyl (C=O) groups excluding carboxylic acids is 1. The van der Waals surface area contributed by atoms with Crippen LogP contribution in [0.4, 0.5) is 0 Å². The van der Waals surface area contributed by atoms with E-state index >= 15 is 0 Å². The quantitative estimate of drug-likeness (QED) is 0.653. The molecule has 0 bridgehead atoms. The molecule has 0 amide bonds. The second-order valence-corrected chi connectivity index (χ2v) is 4.27. The first-order chi connectivity index (χ1) is 7.63. The molecule has 1 heterocycles. The highest BCUT2D eigenvalue weighted by molar-refractivity contribution is 7.80. The molecule has 0 N–H and O–H groups in total. The summed E-state index contributed by atoms with van der Waals surface area (Å²) in [5.41, 5.74) is 2.66. The van der Waals surface area contributed by atoms with Gasteiger partial charge in [-0.05, 0) is 30.9 Å². The fourth-order valence-electron chi connectivity index (χ4n) is 1.74. The van der Waals surface area contributed by atoms with Crippen LogP contribution in [0.15, 0.2) is 18.2 Å². The van der Waals surface area contributed by atoms with E-state index in [1.165, 1.54) is 0 Å². The fraction of sp³-hybridized carbons (Fsp3) is 0.333. The van der Waals surface area contributed by atoms with E-state index in [2.05, 4.69) is 17.6 Å². The van der Waals surface area contributed by atoms with E-state index in [0.717, 1.165) is 22.4 Å². The van der Waals surface area contributed by atoms with Gasteiger partial charge in [-0.25, -0.2) is 4.98 Å². The molecule has 0 aliphatic heterocycles. The van der Waals surface area contributed by atoms with Gasteiger partial charge in [0.25, 0.3) is 0 Å². The Balaban J connectivity index is 2.48. The Morgan fingerprint density at radius 1 is 1.50 bits per heavy atom. The van der Waals surface area contributed by atoms with E-state index in [-0.39, 0.29) is 5.78 Å². The van der Waals surface area contributed by atoms with Gasteiger partial charge in [-0.1, -0.05) is 0 Å². The molecule has 0 saturated carbocycles. The number of aryl methyl sites for hydroxylation is 2. The van der Waals surface area contributed by atoms with E-state index in [9.17, 15) is 4.79 Å². The van der Waals surface area contributed by atoms with Crippen molar-refractivity contribution in [1.82, 2.24) is 9.55 Å². The maximum Gasteiger partial charge on any atom is 0.163 e. The van der Waals surface area contributed by atoms with E-state index in [1.807, 2.05) is 36.7 Å². The summed E-state index contributed by atoms with van der Waals surface area (Å²) in [6, 6.07) is 5.66. The molecule has 0 unspecified atom stereocenters. The molecule has 1 aromatic carbocycles. The van der Waals surface area contributed by atoms with Crippen LogP contribution in [0.3, 0.4) is 0 Å². The summed E-state index contributed by atoms with van der Waals surface area (Å²) in [7, 11) is 1.97. The van der Waals surface area contributed by atoms with Crippen LogP contribution in [-0.4, -0.2) is 21.1 Å². The van der Waals surface area contributed by atoms with Gasteiger partial charge < -0.3 is 4.57 Å². The third kappa shape index (κ3) is 1.85. The maximum absolute atomic E-state index is 11.7. The SMILES string of the molecule is Cc1nc2cc(C(=O)CCS)ccc2n1C. The number of aromatic nitrogens is 2. The Hall–Kier alpha value is -1.29. The fourth-order valence-corrected chi connectivity index (χ4v) is 1.94. The van der Waals surface area contributed by atoms with Crippen molar-refractivity contribution in [3.8, 4) is 0 Å². The van der Waals surface area contributed by atoms with Crippen LogP contribution in [0.5, 0.6) is 0 Å². The molecular weight excluding hydrogens is 220 g/mol. The lowest BCUT2D eigenvalue weighted by atomic mass is 10.1. The molecule has 2 aromatic rings. The van der Waals surface area contributed by atoms with Crippen LogP contribution in [-0.2, 0) is 7.05 Å². The predicted octanol–water partition coefficient (Wildman–Crippen LogP) is 2.38. The lowest BCUT2D eigenvalue weighted by molar-refractivity contribution is 0.0990. The standard InChI is InChI=1S/C12H14N2OS/c1-8-13-10-7-9(12(15)5-6-16)3-4-11(10)14(8)2/h3-4,7,16H,5-6H2,1-2H3. The van der Waals surface area contributed by atoms with Crippen molar-refractivity contribution in [2.24, 2.45) is 7.05 Å². The molecule has 4 heteroatoms. The topological polar surface area (TPSA) is 34.9 Å². The van der Waals surface area contributed by atoms with Gasteiger partial charge in [-0.3, -0.25) is 4.79 Å². The van der Waals surface area contributed by atoms with Crippen molar-refractivity contribution in [3.63, 3.8) is 0 Å². The molecule has 0 fully saturated rings. The summed E-state index contributed by atoms with van der Waals surface area (Å²) >= 11 is 4.06. The maximum atomic E-state index is 11.7. The van der Waals surface area contributed by atoms with Gasteiger partial charge in [-0.2, -0.15) is 12.6 Å². The highest BCUT2D eigenvalue weighted by Gasteiger charge is 2.09. The van der Waals surface area contributed by atoms with Crippen LogP contribution in [0.2, 0.25) is 0 Å². The summed E-state index contributed by atoms with van der Waals surface area (Å²) in [5, 5.41) is 0. The minimum Gasteiger partial charge on any atom is -0.331 e. The van der Waals surface area contributed by atoms with Crippen molar-refractivity contribution in [1.29, 1.82) is 0 Å². The molecule has 16 heavy (non-hydrogen) atoms. The number of thiol groups is 1. The Bertz CT molecular complexity index is 545. The van der Waals surface area contributed by atoms with Gasteiger partial charge in [0.05, 0.1) is 11.0 Å². The van der Waals surface area contributed by atoms with Crippen molar-refractivity contribution in [3.05, 3.63) is 29.6 Å². The number of hydrogen-bond donors (Lipinski definition) is 1. The Morgan fingerprint density at radius 2 is 2.25 bits per heavy atom. The van der Waals surface area contributed by atoms with E-state index in [1.54, 1.807) is 0 Å². The monoisotopic (exact) mass is 234 g/mol. The number of Topliss-reactive ketones (excluding diaryl/α,β-unsaturated/α-hetero) is 1. The molecule has 0 saturated heterocycles. The Kier molecular flexibility index (Phi) is 3.01. The third-order valence-corrected chi connectivity index (χ3v) is 2.99. The molecule has 0 spiro atoms. The lowest BCUT2D eigenvalue weighted by Crippen LogP contribution is -1.99. The molecule has 2 rings (SSSR count). The third-order valence-electron chi connectivity index (χ3n) is 2.77. The Labute approximate surface area is 99.9 Å². The molecular formula is C12H14N2OS. The molecule has 0 aliphatic carbocycles. The number of nitrogens with zero attached hydrogens (tertiary/aromatic N) is 2. The lowest BCUT2D eigenvalue weighted by Gasteiger charge is -2.00. The minimum absolute atomic E-state index is 0.125. The summed E-state index contributed by atoms with van der Waals surface area (Å²) in [6.07, 6.45) is 0.473. The zero-order valence-electron chi connectivity index (χ0n) is 9.40. The first-order valence-corrected chi connectivity index (χ1v) is 5.84. The highest BCUT2D eigenvalue weighted by atomic mass is 32.1. The van der Waals surface area contributed by atoms with Crippen molar-refractivity contribution in [2.75, 3.05) is 5.75 Å². The van der Waals surface area contributed by atoms with Gasteiger partial charge in [0.15, 0.2) is 5.78 Å². The molecule has 84 valence electrons. The molecule has 0 aliphatic rings. The number of imidazole rings is 1. The van der Waals surface area contributed by atoms with Gasteiger partial charge >= 0.3 is 0 Å². The van der Waals surface area contributed by atoms with Crippen LogP contribution < -0.4 is 0 Å². The van der Waals surface area contributed by atoms with Gasteiger partial charge in [0.2, 0.25) is 0 Å². The van der Waals surface area contributed by atoms with Crippen molar-refractivity contribution < 1.29 is 4.79 Å². The Morgan fingerprint density at radius 3 is 2.94 bits per heavy atom. The average molecular weight is 234 g/mol. The molecule has 1 aromatic heterocycles. The first kappa shape index (κ1) is 11.2. The highest BCUT2D eigenvalue weighted by Crippen LogP contribution is 2.17. The smallest absolute Gasteiger partial charge is 0.163 e. The van der Waals surface area contributed by atoms with Crippen LogP contribution >= 0.6 is 12.6 Å². The largest absolute Gasteiger partial charge is 0.331 e. The van der Waals surface area contributed by atoms with E-state index in [4.69, 9.17) is 0 Å². The molecule has 0 atom stereocenters. The van der Waals surface area contributed by atoms with Crippen LogP contribution in [0.1, 0.15) is 22.6 Å². The predicted molar refractivity (Wildman–Crippen MR) is 68.3 cm³/mol. The number of carbonyl (C=O) groups is 1. The number of rotatable bonds is 3.